The normalized spacial score (nSPS) is 11.3. The summed E-state index contributed by atoms with van der Waals surface area (Å²) in [4.78, 5) is 0. The lowest BCUT2D eigenvalue weighted by atomic mass is 10.1. The molecule has 0 N–H and O–H groups in total. The molecular weight excluding hydrogens is 330 g/mol. The smallest absolute Gasteiger partial charge is 0.144 e. The summed E-state index contributed by atoms with van der Waals surface area (Å²) in [6.45, 7) is 3.89. The summed E-state index contributed by atoms with van der Waals surface area (Å²) in [7, 11) is 0. The average Bonchev–Trinajstić information content (AvgIpc) is 3.05. The van der Waals surface area contributed by atoms with Gasteiger partial charge in [0.2, 0.25) is 0 Å². The third-order valence-corrected chi connectivity index (χ3v) is 5.23. The van der Waals surface area contributed by atoms with Gasteiger partial charge >= 0.3 is 0 Å². The van der Waals surface area contributed by atoms with Gasteiger partial charge in [-0.25, -0.2) is 0 Å². The van der Waals surface area contributed by atoms with Crippen molar-refractivity contribution in [2.75, 3.05) is 0 Å². The van der Waals surface area contributed by atoms with Crippen LogP contribution in [0, 0.1) is 0 Å². The summed E-state index contributed by atoms with van der Waals surface area (Å²) in [5, 5.41) is 2.60. The van der Waals surface area contributed by atoms with E-state index in [9.17, 15) is 0 Å². The number of para-hydroxylation sites is 2. The Balaban J connectivity index is 1.73. The van der Waals surface area contributed by atoms with E-state index in [0.29, 0.717) is 6.61 Å². The molecule has 4 rings (SSSR count). The van der Waals surface area contributed by atoms with Gasteiger partial charge in [-0.1, -0.05) is 86.8 Å². The predicted octanol–water partition coefficient (Wildman–Crippen LogP) is 6.95. The van der Waals surface area contributed by atoms with Crippen molar-refractivity contribution in [2.45, 2.75) is 45.8 Å². The van der Waals surface area contributed by atoms with E-state index in [1.54, 1.807) is 0 Å². The number of benzene rings is 3. The second-order valence-electron chi connectivity index (χ2n) is 7.16. The van der Waals surface area contributed by atoms with E-state index in [1.807, 2.05) is 6.07 Å². The quantitative estimate of drug-likeness (QED) is 0.311. The number of aromatic nitrogens is 1. The zero-order valence-electron chi connectivity index (χ0n) is 16.0. The number of hydrogen-bond acceptors (Lipinski definition) is 1. The molecule has 4 aromatic rings. The van der Waals surface area contributed by atoms with Crippen molar-refractivity contribution in [1.82, 2.24) is 4.57 Å². The van der Waals surface area contributed by atoms with Crippen LogP contribution in [-0.2, 0) is 13.2 Å². The van der Waals surface area contributed by atoms with Crippen LogP contribution in [0.2, 0.25) is 0 Å². The van der Waals surface area contributed by atoms with Crippen molar-refractivity contribution in [1.29, 1.82) is 0 Å². The Morgan fingerprint density at radius 2 is 1.52 bits per heavy atom. The first-order chi connectivity index (χ1) is 13.4. The molecule has 0 radical (unpaired) electrons. The number of aryl methyl sites for hydroxylation is 1. The average molecular weight is 357 g/mol. The fourth-order valence-corrected chi connectivity index (χ4v) is 3.86. The summed E-state index contributed by atoms with van der Waals surface area (Å²) in [5.74, 6) is 0.975. The minimum absolute atomic E-state index is 0.595. The van der Waals surface area contributed by atoms with E-state index >= 15 is 0 Å². The van der Waals surface area contributed by atoms with Gasteiger partial charge in [-0.05, 0) is 24.1 Å². The number of hydrogen-bond donors (Lipinski definition) is 0. The van der Waals surface area contributed by atoms with E-state index in [1.165, 1.54) is 53.1 Å². The van der Waals surface area contributed by atoms with Gasteiger partial charge in [0, 0.05) is 22.8 Å². The molecule has 0 saturated heterocycles. The standard InChI is InChI=1S/C25H27NO/c1-2-3-4-10-18-26-23-16-9-8-14-21(23)22-15-11-17-24(25(22)26)27-19-20-12-6-5-7-13-20/h5-9,11-17H,2-4,10,18-19H2,1H3. The molecule has 27 heavy (non-hydrogen) atoms. The van der Waals surface area contributed by atoms with Crippen LogP contribution in [0.15, 0.2) is 72.8 Å². The van der Waals surface area contributed by atoms with Crippen LogP contribution in [0.1, 0.15) is 38.2 Å². The zero-order chi connectivity index (χ0) is 18.5. The molecule has 0 aliphatic rings. The molecule has 138 valence electrons. The summed E-state index contributed by atoms with van der Waals surface area (Å²) in [6, 6.07) is 25.5. The molecule has 3 aromatic carbocycles. The first kappa shape index (κ1) is 17.7. The largest absolute Gasteiger partial charge is 0.487 e. The van der Waals surface area contributed by atoms with Crippen LogP contribution in [0.4, 0.5) is 0 Å². The maximum absolute atomic E-state index is 6.28. The number of unbranched alkanes of at least 4 members (excludes halogenated alkanes) is 3. The van der Waals surface area contributed by atoms with Gasteiger partial charge in [-0.15, -0.1) is 0 Å². The molecule has 0 unspecified atom stereocenters. The Morgan fingerprint density at radius 1 is 0.741 bits per heavy atom. The Morgan fingerprint density at radius 3 is 2.37 bits per heavy atom. The van der Waals surface area contributed by atoms with Crippen molar-refractivity contribution >= 4 is 21.8 Å². The lowest BCUT2D eigenvalue weighted by Crippen LogP contribution is -2.01. The molecule has 0 saturated carbocycles. The highest BCUT2D eigenvalue weighted by Gasteiger charge is 2.14. The maximum atomic E-state index is 6.28. The molecule has 1 aromatic heterocycles. The number of fused-ring (bicyclic) bond motifs is 3. The molecular formula is C25H27NO. The van der Waals surface area contributed by atoms with Crippen molar-refractivity contribution < 1.29 is 4.74 Å². The summed E-state index contributed by atoms with van der Waals surface area (Å²) in [6.07, 6.45) is 5.04. The van der Waals surface area contributed by atoms with Crippen LogP contribution in [-0.4, -0.2) is 4.57 Å². The predicted molar refractivity (Wildman–Crippen MR) is 114 cm³/mol. The van der Waals surface area contributed by atoms with Gasteiger partial charge in [0.15, 0.2) is 0 Å². The van der Waals surface area contributed by atoms with Gasteiger partial charge in [-0.3, -0.25) is 0 Å². The van der Waals surface area contributed by atoms with Gasteiger partial charge in [0.1, 0.15) is 12.4 Å². The minimum atomic E-state index is 0.595. The third-order valence-electron chi connectivity index (χ3n) is 5.23. The lowest BCUT2D eigenvalue weighted by molar-refractivity contribution is 0.308. The van der Waals surface area contributed by atoms with Crippen molar-refractivity contribution in [3.05, 3.63) is 78.4 Å². The molecule has 0 amide bonds. The number of rotatable bonds is 8. The summed E-state index contributed by atoms with van der Waals surface area (Å²) >= 11 is 0. The topological polar surface area (TPSA) is 14.2 Å². The second-order valence-corrected chi connectivity index (χ2v) is 7.16. The maximum Gasteiger partial charge on any atom is 0.144 e. The molecule has 1 heterocycles. The summed E-state index contributed by atoms with van der Waals surface area (Å²) in [5.41, 5.74) is 3.73. The van der Waals surface area contributed by atoms with Crippen LogP contribution in [0.3, 0.4) is 0 Å². The SMILES string of the molecule is CCCCCCn1c2ccccc2c2cccc(OCc3ccccc3)c21. The Labute approximate surface area is 161 Å². The number of ether oxygens (including phenoxy) is 1. The molecule has 0 spiro atoms. The van der Waals surface area contributed by atoms with E-state index < -0.39 is 0 Å². The van der Waals surface area contributed by atoms with E-state index in [2.05, 4.69) is 78.2 Å². The molecule has 0 bridgehead atoms. The minimum Gasteiger partial charge on any atom is -0.487 e. The fourth-order valence-electron chi connectivity index (χ4n) is 3.86. The molecule has 0 aliphatic carbocycles. The fraction of sp³-hybridized carbons (Fsp3) is 0.280. The van der Waals surface area contributed by atoms with Crippen LogP contribution in [0.5, 0.6) is 5.75 Å². The van der Waals surface area contributed by atoms with Crippen LogP contribution < -0.4 is 4.74 Å². The van der Waals surface area contributed by atoms with E-state index in [0.717, 1.165) is 12.3 Å². The lowest BCUT2D eigenvalue weighted by Gasteiger charge is -2.12. The van der Waals surface area contributed by atoms with Gasteiger partial charge < -0.3 is 9.30 Å². The van der Waals surface area contributed by atoms with Crippen molar-refractivity contribution in [3.8, 4) is 5.75 Å². The number of nitrogens with zero attached hydrogens (tertiary/aromatic N) is 1. The molecule has 0 fully saturated rings. The molecule has 0 aliphatic heterocycles. The monoisotopic (exact) mass is 357 g/mol. The van der Waals surface area contributed by atoms with E-state index in [-0.39, 0.29) is 0 Å². The Kier molecular flexibility index (Phi) is 5.43. The van der Waals surface area contributed by atoms with Crippen LogP contribution >= 0.6 is 0 Å². The Bertz CT molecular complexity index is 1020. The first-order valence-electron chi connectivity index (χ1n) is 10.0. The molecule has 2 nitrogen and oxygen atoms in total. The Hall–Kier alpha value is -2.74. The first-order valence-corrected chi connectivity index (χ1v) is 10.0. The van der Waals surface area contributed by atoms with E-state index in [4.69, 9.17) is 4.74 Å². The van der Waals surface area contributed by atoms with Gasteiger partial charge in [-0.2, -0.15) is 0 Å². The van der Waals surface area contributed by atoms with Crippen molar-refractivity contribution in [2.24, 2.45) is 0 Å². The highest BCUT2D eigenvalue weighted by molar-refractivity contribution is 6.10. The van der Waals surface area contributed by atoms with Crippen molar-refractivity contribution in [3.63, 3.8) is 0 Å². The third kappa shape index (κ3) is 3.71. The van der Waals surface area contributed by atoms with Crippen LogP contribution in [0.25, 0.3) is 21.8 Å². The highest BCUT2D eigenvalue weighted by atomic mass is 16.5. The second kappa shape index (κ2) is 8.30. The summed E-state index contributed by atoms with van der Waals surface area (Å²) < 4.78 is 8.74. The van der Waals surface area contributed by atoms with Gasteiger partial charge in [0.05, 0.1) is 5.52 Å². The zero-order valence-corrected chi connectivity index (χ0v) is 16.0. The highest BCUT2D eigenvalue weighted by Crippen LogP contribution is 2.35. The molecule has 2 heteroatoms. The van der Waals surface area contributed by atoms with Gasteiger partial charge in [0.25, 0.3) is 0 Å². The molecule has 0 atom stereocenters.